The lowest BCUT2D eigenvalue weighted by Crippen LogP contribution is -2.47. The molecule has 2 aliphatic carbocycles. The number of hydrogen-bond acceptors (Lipinski definition) is 6. The summed E-state index contributed by atoms with van der Waals surface area (Å²) in [6, 6.07) is 7.34. The molecular formula is C22H25FN6O2. The molecule has 2 fully saturated rings. The summed E-state index contributed by atoms with van der Waals surface area (Å²) in [7, 11) is 0. The van der Waals surface area contributed by atoms with Gasteiger partial charge in [0.05, 0.1) is 12.1 Å². The maximum absolute atomic E-state index is 14.6. The number of amides is 2. The zero-order chi connectivity index (χ0) is 21.7. The van der Waals surface area contributed by atoms with Crippen LogP contribution in [-0.2, 0) is 16.1 Å². The normalized spacial score (nSPS) is 29.0. The van der Waals surface area contributed by atoms with Gasteiger partial charge in [-0.25, -0.2) is 9.37 Å². The fourth-order valence-corrected chi connectivity index (χ4v) is 5.68. The highest BCUT2D eigenvalue weighted by Crippen LogP contribution is 2.53. The summed E-state index contributed by atoms with van der Waals surface area (Å²) in [5.41, 5.74) is 7.45. The Kier molecular flexibility index (Phi) is 4.75. The number of nitrogens with one attached hydrogen (secondary N) is 2. The van der Waals surface area contributed by atoms with E-state index in [-0.39, 0.29) is 47.4 Å². The van der Waals surface area contributed by atoms with Gasteiger partial charge in [0.1, 0.15) is 0 Å². The Balaban J connectivity index is 1.58. The number of rotatable bonds is 1. The molecule has 2 saturated carbocycles. The van der Waals surface area contributed by atoms with E-state index in [2.05, 4.69) is 20.6 Å². The van der Waals surface area contributed by atoms with Crippen LogP contribution < -0.4 is 16.4 Å². The van der Waals surface area contributed by atoms with Crippen molar-refractivity contribution in [2.75, 3.05) is 17.2 Å². The molecule has 0 saturated heterocycles. The number of nitrogens with zero attached hydrogens (tertiary/aromatic N) is 3. The van der Waals surface area contributed by atoms with Crippen molar-refractivity contribution in [1.29, 1.82) is 0 Å². The summed E-state index contributed by atoms with van der Waals surface area (Å²) in [5, 5.41) is 6.27. The molecule has 0 spiro atoms. The Labute approximate surface area is 179 Å². The second-order valence-corrected chi connectivity index (χ2v) is 8.87. The van der Waals surface area contributed by atoms with E-state index < -0.39 is 11.7 Å². The highest BCUT2D eigenvalue weighted by molar-refractivity contribution is 5.79. The van der Waals surface area contributed by atoms with Crippen molar-refractivity contribution in [2.45, 2.75) is 32.4 Å². The van der Waals surface area contributed by atoms with Crippen molar-refractivity contribution in [3.05, 3.63) is 41.8 Å². The molecular weight excluding hydrogens is 399 g/mol. The molecule has 5 rings (SSSR count). The molecule has 2 amide bonds. The summed E-state index contributed by atoms with van der Waals surface area (Å²) in [5.74, 6) is -0.622. The molecule has 6 bridgehead atoms. The predicted molar refractivity (Wildman–Crippen MR) is 113 cm³/mol. The standard InChI is InChI=1S/C22H25FN6O2/c1-11(30)29-9-12-3-2-4-15(5-12)26-22-25-8-17(23)21(28-22)27-19-16-7-13(6-14(16)10-29)18(19)20(24)31/h2-5,8,13-14,16,18-19H,6-7,9-10H2,1H3,(H2,24,31)(H2,25,26,27,28). The number of primary amides is 1. The zero-order valence-corrected chi connectivity index (χ0v) is 17.2. The van der Waals surface area contributed by atoms with E-state index in [0.29, 0.717) is 13.1 Å². The van der Waals surface area contributed by atoms with Crippen molar-refractivity contribution in [3.8, 4) is 0 Å². The Morgan fingerprint density at radius 3 is 2.87 bits per heavy atom. The first-order valence-electron chi connectivity index (χ1n) is 10.6. The number of aromatic nitrogens is 2. The van der Waals surface area contributed by atoms with Crippen LogP contribution in [0.4, 0.5) is 21.8 Å². The van der Waals surface area contributed by atoms with Crippen LogP contribution in [0, 0.1) is 29.5 Å². The highest BCUT2D eigenvalue weighted by Gasteiger charge is 2.55. The van der Waals surface area contributed by atoms with Gasteiger partial charge in [-0.05, 0) is 48.3 Å². The molecule has 2 heterocycles. The molecule has 5 atom stereocenters. The van der Waals surface area contributed by atoms with Crippen molar-refractivity contribution in [1.82, 2.24) is 14.9 Å². The first-order valence-corrected chi connectivity index (χ1v) is 10.6. The van der Waals surface area contributed by atoms with Crippen molar-refractivity contribution in [3.63, 3.8) is 0 Å². The van der Waals surface area contributed by atoms with Gasteiger partial charge in [-0.15, -0.1) is 0 Å². The van der Waals surface area contributed by atoms with Crippen LogP contribution >= 0.6 is 0 Å². The summed E-state index contributed by atoms with van der Waals surface area (Å²) < 4.78 is 14.6. The monoisotopic (exact) mass is 424 g/mol. The third-order valence-electron chi connectivity index (χ3n) is 6.97. The van der Waals surface area contributed by atoms with E-state index in [4.69, 9.17) is 5.73 Å². The number of hydrogen-bond donors (Lipinski definition) is 3. The Bertz CT molecular complexity index is 1050. The smallest absolute Gasteiger partial charge is 0.229 e. The van der Waals surface area contributed by atoms with Crippen LogP contribution in [0.2, 0.25) is 0 Å². The van der Waals surface area contributed by atoms with E-state index in [9.17, 15) is 14.0 Å². The van der Waals surface area contributed by atoms with Gasteiger partial charge >= 0.3 is 0 Å². The van der Waals surface area contributed by atoms with Crippen molar-refractivity contribution in [2.24, 2.45) is 29.4 Å². The number of benzene rings is 1. The lowest BCUT2D eigenvalue weighted by Gasteiger charge is -2.37. The Morgan fingerprint density at radius 2 is 2.10 bits per heavy atom. The van der Waals surface area contributed by atoms with Gasteiger partial charge < -0.3 is 21.3 Å². The van der Waals surface area contributed by atoms with Gasteiger partial charge in [0.25, 0.3) is 0 Å². The molecule has 31 heavy (non-hydrogen) atoms. The fourth-order valence-electron chi connectivity index (χ4n) is 5.68. The van der Waals surface area contributed by atoms with Gasteiger partial charge in [0.15, 0.2) is 11.6 Å². The minimum Gasteiger partial charge on any atom is -0.369 e. The van der Waals surface area contributed by atoms with Crippen LogP contribution in [0.15, 0.2) is 30.5 Å². The predicted octanol–water partition coefficient (Wildman–Crippen LogP) is 2.26. The van der Waals surface area contributed by atoms with Crippen LogP contribution in [0.3, 0.4) is 0 Å². The molecule has 0 radical (unpaired) electrons. The average Bonchev–Trinajstić information content (AvgIpc) is 3.27. The van der Waals surface area contributed by atoms with E-state index in [1.54, 1.807) is 6.92 Å². The number of fused-ring (bicyclic) bond motifs is 5. The largest absolute Gasteiger partial charge is 0.369 e. The summed E-state index contributed by atoms with van der Waals surface area (Å²) in [6.07, 6.45) is 2.78. The number of halogens is 1. The van der Waals surface area contributed by atoms with E-state index in [1.807, 2.05) is 29.2 Å². The first-order chi connectivity index (χ1) is 14.9. The number of carbonyl (C=O) groups excluding carboxylic acids is 2. The Hall–Kier alpha value is -3.23. The summed E-state index contributed by atoms with van der Waals surface area (Å²) >= 11 is 0. The second-order valence-electron chi connectivity index (χ2n) is 8.87. The number of carbonyl (C=O) groups is 2. The van der Waals surface area contributed by atoms with E-state index in [1.165, 1.54) is 0 Å². The van der Waals surface area contributed by atoms with Gasteiger partial charge in [-0.2, -0.15) is 4.98 Å². The topological polar surface area (TPSA) is 113 Å². The molecule has 8 nitrogen and oxygen atoms in total. The van der Waals surface area contributed by atoms with Crippen LogP contribution in [0.5, 0.6) is 0 Å². The van der Waals surface area contributed by atoms with Crippen LogP contribution in [-0.4, -0.2) is 39.3 Å². The quantitative estimate of drug-likeness (QED) is 0.647. The average molecular weight is 424 g/mol. The molecule has 5 unspecified atom stereocenters. The fraction of sp³-hybridized carbons (Fsp3) is 0.455. The minimum absolute atomic E-state index is 0.00351. The van der Waals surface area contributed by atoms with Gasteiger partial charge in [0.2, 0.25) is 17.8 Å². The molecule has 1 aliphatic heterocycles. The lowest BCUT2D eigenvalue weighted by atomic mass is 9.77. The molecule has 1 aromatic heterocycles. The minimum atomic E-state index is -0.584. The maximum atomic E-state index is 14.6. The lowest BCUT2D eigenvalue weighted by molar-refractivity contribution is -0.131. The zero-order valence-electron chi connectivity index (χ0n) is 17.2. The highest BCUT2D eigenvalue weighted by atomic mass is 19.1. The van der Waals surface area contributed by atoms with Gasteiger partial charge in [-0.3, -0.25) is 9.59 Å². The number of nitrogens with two attached hydrogens (primary N) is 1. The van der Waals surface area contributed by atoms with Crippen LogP contribution in [0.1, 0.15) is 25.3 Å². The SMILES string of the molecule is CC(=O)N1Cc2cccc(c2)Nc2ncc(F)c(n2)NC2C3CC(CC3C1)C2C(N)=O. The molecule has 3 aliphatic rings. The van der Waals surface area contributed by atoms with Gasteiger partial charge in [0, 0.05) is 31.7 Å². The Morgan fingerprint density at radius 1 is 1.26 bits per heavy atom. The van der Waals surface area contributed by atoms with E-state index >= 15 is 0 Å². The van der Waals surface area contributed by atoms with Crippen molar-refractivity contribution < 1.29 is 14.0 Å². The number of anilines is 3. The van der Waals surface area contributed by atoms with E-state index in [0.717, 1.165) is 30.3 Å². The van der Waals surface area contributed by atoms with Gasteiger partial charge in [-0.1, -0.05) is 12.1 Å². The van der Waals surface area contributed by atoms with Crippen molar-refractivity contribution >= 4 is 29.3 Å². The molecule has 9 heteroatoms. The molecule has 2 aromatic rings. The third kappa shape index (κ3) is 3.58. The second kappa shape index (κ2) is 7.47. The molecule has 1 aromatic carbocycles. The summed E-state index contributed by atoms with van der Waals surface area (Å²) in [4.78, 5) is 34.9. The first kappa shape index (κ1) is 19.7. The molecule has 162 valence electrons. The molecule has 4 N–H and O–H groups in total. The maximum Gasteiger partial charge on any atom is 0.229 e. The third-order valence-corrected chi connectivity index (χ3v) is 6.97. The van der Waals surface area contributed by atoms with Crippen LogP contribution in [0.25, 0.3) is 0 Å². The summed E-state index contributed by atoms with van der Waals surface area (Å²) in [6.45, 7) is 2.66.